The van der Waals surface area contributed by atoms with Crippen molar-refractivity contribution in [3.8, 4) is 5.88 Å². The van der Waals surface area contributed by atoms with Gasteiger partial charge in [0, 0.05) is 18.3 Å². The minimum Gasteiger partial charge on any atom is -0.481 e. The number of aromatic amines is 1. The molecule has 1 fully saturated rings. The summed E-state index contributed by atoms with van der Waals surface area (Å²) in [6, 6.07) is 5.92. The number of carbonyl (C=O) groups excluding carboxylic acids is 1. The second-order valence-corrected chi connectivity index (χ2v) is 7.22. The van der Waals surface area contributed by atoms with Gasteiger partial charge in [0.25, 0.3) is 0 Å². The van der Waals surface area contributed by atoms with Crippen molar-refractivity contribution in [2.24, 2.45) is 0 Å². The Labute approximate surface area is 177 Å². The van der Waals surface area contributed by atoms with Gasteiger partial charge in [-0.15, -0.1) is 0 Å². The van der Waals surface area contributed by atoms with Gasteiger partial charge < -0.3 is 15.4 Å². The van der Waals surface area contributed by atoms with Crippen molar-refractivity contribution in [1.82, 2.24) is 24.9 Å². The summed E-state index contributed by atoms with van der Waals surface area (Å²) in [7, 11) is 3.43. The van der Waals surface area contributed by atoms with Crippen LogP contribution < -0.4 is 15.4 Å². The highest BCUT2D eigenvalue weighted by Gasteiger charge is 2.34. The van der Waals surface area contributed by atoms with Crippen LogP contribution in [0, 0.1) is 0 Å². The van der Waals surface area contributed by atoms with Crippen molar-refractivity contribution < 1.29 is 22.7 Å². The Morgan fingerprint density at radius 1 is 1.23 bits per heavy atom. The number of carbonyl (C=O) groups is 1. The highest BCUT2D eigenvalue weighted by atomic mass is 19.4. The van der Waals surface area contributed by atoms with Crippen molar-refractivity contribution in [1.29, 1.82) is 0 Å². The number of halogens is 3. The number of ether oxygens (including phenoxy) is 1. The van der Waals surface area contributed by atoms with Gasteiger partial charge in [0.15, 0.2) is 12.0 Å². The molecule has 8 nitrogen and oxygen atoms in total. The second kappa shape index (κ2) is 9.82. The summed E-state index contributed by atoms with van der Waals surface area (Å²) in [6.07, 6.45) is 2.87. The van der Waals surface area contributed by atoms with Crippen LogP contribution in [-0.4, -0.2) is 52.1 Å². The fraction of sp³-hybridized carbons (Fsp3) is 0.450. The third-order valence-electron chi connectivity index (χ3n) is 5.23. The van der Waals surface area contributed by atoms with Gasteiger partial charge in [-0.25, -0.2) is 10.1 Å². The molecule has 1 aliphatic carbocycles. The van der Waals surface area contributed by atoms with E-state index in [1.165, 1.54) is 17.7 Å². The Kier molecular flexibility index (Phi) is 7.16. The molecule has 0 amide bonds. The third kappa shape index (κ3) is 5.54. The molecule has 0 aliphatic heterocycles. The molecule has 3 aromatic heterocycles. The first-order chi connectivity index (χ1) is 14.9. The number of alkyl halides is 3. The minimum absolute atomic E-state index is 0.284. The highest BCUT2D eigenvalue weighted by molar-refractivity contribution is 5.77. The normalized spacial score (nSPS) is 18.9. The molecule has 0 spiro atoms. The summed E-state index contributed by atoms with van der Waals surface area (Å²) < 4.78 is 44.6. The number of rotatable bonds is 5. The molecule has 0 bridgehead atoms. The lowest BCUT2D eigenvalue weighted by atomic mass is 9.91. The average molecular weight is 438 g/mol. The molecular weight excluding hydrogens is 413 g/mol. The van der Waals surface area contributed by atoms with Crippen LogP contribution in [0.4, 0.5) is 19.0 Å². The second-order valence-electron chi connectivity index (χ2n) is 7.22. The summed E-state index contributed by atoms with van der Waals surface area (Å²) in [6.45, 7) is 0. The van der Waals surface area contributed by atoms with Crippen LogP contribution in [0.2, 0.25) is 0 Å². The lowest BCUT2D eigenvalue weighted by Gasteiger charge is -2.29. The first-order valence-corrected chi connectivity index (χ1v) is 9.87. The number of aromatic nitrogens is 4. The van der Waals surface area contributed by atoms with E-state index in [4.69, 9.17) is 4.74 Å². The molecular formula is C20H25F3N6O2. The molecule has 31 heavy (non-hydrogen) atoms. The first-order valence-electron chi connectivity index (χ1n) is 9.87. The Morgan fingerprint density at radius 3 is 2.52 bits per heavy atom. The van der Waals surface area contributed by atoms with Crippen LogP contribution in [0.15, 0.2) is 30.6 Å². The summed E-state index contributed by atoms with van der Waals surface area (Å²) in [5, 5.41) is 12.7. The number of fused-ring (bicyclic) bond motifs is 1. The molecule has 11 heteroatoms. The van der Waals surface area contributed by atoms with Crippen LogP contribution in [0.5, 0.6) is 5.88 Å². The van der Waals surface area contributed by atoms with E-state index in [0.29, 0.717) is 35.2 Å². The van der Waals surface area contributed by atoms with Crippen LogP contribution in [0.3, 0.4) is 0 Å². The predicted octanol–water partition coefficient (Wildman–Crippen LogP) is 3.53. The van der Waals surface area contributed by atoms with Gasteiger partial charge in [-0.2, -0.15) is 18.3 Å². The number of methoxy groups -OCH3 is 1. The average Bonchev–Trinajstić information content (AvgIpc) is 3.41. The van der Waals surface area contributed by atoms with E-state index in [2.05, 4.69) is 25.8 Å². The Bertz CT molecular complexity index is 992. The Balaban J connectivity index is 0.000000254. The number of hydrogen-bond donors (Lipinski definition) is 3. The number of anilines is 1. The van der Waals surface area contributed by atoms with E-state index in [1.54, 1.807) is 18.2 Å². The molecule has 3 N–H and O–H groups in total. The lowest BCUT2D eigenvalue weighted by Crippen LogP contribution is -2.35. The van der Waals surface area contributed by atoms with E-state index in [0.717, 1.165) is 31.9 Å². The fourth-order valence-corrected chi connectivity index (χ4v) is 3.53. The number of aldehydes is 1. The van der Waals surface area contributed by atoms with Crippen LogP contribution >= 0.6 is 0 Å². The van der Waals surface area contributed by atoms with E-state index in [1.807, 2.05) is 7.05 Å². The number of imidazole rings is 1. The molecule has 1 aliphatic rings. The zero-order chi connectivity index (χ0) is 22.4. The molecule has 0 radical (unpaired) electrons. The highest BCUT2D eigenvalue weighted by Crippen LogP contribution is 2.30. The summed E-state index contributed by atoms with van der Waals surface area (Å²) in [5.74, 6) is 1.07. The Morgan fingerprint density at radius 2 is 1.94 bits per heavy atom. The summed E-state index contributed by atoms with van der Waals surface area (Å²) in [5.41, 5.74) is -0.112. The van der Waals surface area contributed by atoms with Crippen LogP contribution in [0.1, 0.15) is 41.7 Å². The molecule has 3 heterocycles. The SMILES string of the molecule is CNC1CCC(Nc2cccc3nc(C(F)(F)F)cn23)CC1.COc1[nH]ncc1C=O. The monoisotopic (exact) mass is 438 g/mol. The number of hydrogen-bond acceptors (Lipinski definition) is 6. The topological polar surface area (TPSA) is 96.3 Å². The molecule has 4 rings (SSSR count). The van der Waals surface area contributed by atoms with E-state index >= 15 is 0 Å². The zero-order valence-electron chi connectivity index (χ0n) is 17.2. The number of H-pyrrole nitrogens is 1. The Hall–Kier alpha value is -3.08. The van der Waals surface area contributed by atoms with Gasteiger partial charge in [0.05, 0.1) is 18.9 Å². The van der Waals surface area contributed by atoms with Gasteiger partial charge in [-0.1, -0.05) is 6.07 Å². The smallest absolute Gasteiger partial charge is 0.434 e. The number of nitrogens with zero attached hydrogens (tertiary/aromatic N) is 3. The fourth-order valence-electron chi connectivity index (χ4n) is 3.53. The van der Waals surface area contributed by atoms with Gasteiger partial charge in [-0.05, 0) is 44.9 Å². The predicted molar refractivity (Wildman–Crippen MR) is 109 cm³/mol. The number of pyridine rings is 1. The van der Waals surface area contributed by atoms with Crippen molar-refractivity contribution in [2.45, 2.75) is 43.9 Å². The van der Waals surface area contributed by atoms with Gasteiger partial charge in [-0.3, -0.25) is 9.20 Å². The first kappa shape index (κ1) is 22.6. The van der Waals surface area contributed by atoms with Crippen LogP contribution in [-0.2, 0) is 6.18 Å². The van der Waals surface area contributed by atoms with Crippen molar-refractivity contribution >= 4 is 17.8 Å². The van der Waals surface area contributed by atoms with Crippen molar-refractivity contribution in [2.75, 3.05) is 19.5 Å². The molecule has 1 saturated carbocycles. The molecule has 0 aromatic carbocycles. The summed E-state index contributed by atoms with van der Waals surface area (Å²) >= 11 is 0. The van der Waals surface area contributed by atoms with Crippen molar-refractivity contribution in [3.63, 3.8) is 0 Å². The van der Waals surface area contributed by atoms with Crippen molar-refractivity contribution in [3.05, 3.63) is 41.9 Å². The molecule has 0 atom stereocenters. The van der Waals surface area contributed by atoms with Gasteiger partial charge in [0.2, 0.25) is 5.88 Å². The molecule has 0 unspecified atom stereocenters. The summed E-state index contributed by atoms with van der Waals surface area (Å²) in [4.78, 5) is 13.8. The van der Waals surface area contributed by atoms with Gasteiger partial charge in [0.1, 0.15) is 11.5 Å². The van der Waals surface area contributed by atoms with E-state index in [-0.39, 0.29) is 6.04 Å². The van der Waals surface area contributed by atoms with Crippen LogP contribution in [0.25, 0.3) is 5.65 Å². The quantitative estimate of drug-likeness (QED) is 0.528. The lowest BCUT2D eigenvalue weighted by molar-refractivity contribution is -0.140. The molecule has 3 aromatic rings. The zero-order valence-corrected chi connectivity index (χ0v) is 17.2. The molecule has 168 valence electrons. The largest absolute Gasteiger partial charge is 0.481 e. The van der Waals surface area contributed by atoms with E-state index in [9.17, 15) is 18.0 Å². The van der Waals surface area contributed by atoms with Gasteiger partial charge >= 0.3 is 6.18 Å². The maximum Gasteiger partial charge on any atom is 0.434 e. The maximum atomic E-state index is 12.8. The van der Waals surface area contributed by atoms with E-state index < -0.39 is 11.9 Å². The number of nitrogens with one attached hydrogen (secondary N) is 3. The third-order valence-corrected chi connectivity index (χ3v) is 5.23. The maximum absolute atomic E-state index is 12.8. The molecule has 0 saturated heterocycles. The standard InChI is InChI=1S/C15H19F3N4.C5H6N2O2/c1-19-10-5-7-11(8-6-10)20-13-3-2-4-14-21-12(9-22(13)14)15(16,17)18;1-9-5-4(3-8)2-6-7-5/h2-4,9-11,19-20H,5-8H2,1H3;2-3H,1H3,(H,6,7). The minimum atomic E-state index is -4.42.